The molecule has 3 nitrogen and oxygen atoms in total. The molecule has 1 atom stereocenters. The number of thioether (sulfide) groups is 1. The predicted molar refractivity (Wildman–Crippen MR) is 83.3 cm³/mol. The Hall–Kier alpha value is -0.520. The molecule has 0 aromatic heterocycles. The van der Waals surface area contributed by atoms with Crippen LogP contribution in [0.2, 0.25) is 0 Å². The van der Waals surface area contributed by atoms with E-state index >= 15 is 0 Å². The van der Waals surface area contributed by atoms with Crippen molar-refractivity contribution in [2.75, 3.05) is 11.5 Å². The first-order chi connectivity index (χ1) is 8.63. The molecular weight excluding hydrogens is 278 g/mol. The zero-order valence-corrected chi connectivity index (χ0v) is 13.6. The molecule has 0 aliphatic carbocycles. The van der Waals surface area contributed by atoms with E-state index < -0.39 is 14.6 Å². The van der Waals surface area contributed by atoms with E-state index in [-0.39, 0.29) is 11.8 Å². The van der Waals surface area contributed by atoms with Gasteiger partial charge >= 0.3 is 0 Å². The minimum Gasteiger partial charge on any atom is -0.324 e. The number of nitrogens with two attached hydrogens (primary N) is 1. The van der Waals surface area contributed by atoms with Crippen LogP contribution in [-0.2, 0) is 9.84 Å². The van der Waals surface area contributed by atoms with Gasteiger partial charge in [-0.3, -0.25) is 0 Å². The maximum absolute atomic E-state index is 12.0. The number of hydrogen-bond donors (Lipinski definition) is 1. The first-order valence-electron chi connectivity index (χ1n) is 6.34. The lowest BCUT2D eigenvalue weighted by Crippen LogP contribution is -2.31. The third-order valence-electron chi connectivity index (χ3n) is 2.94. The lowest BCUT2D eigenvalue weighted by atomic mass is 10.1. The van der Waals surface area contributed by atoms with Crippen LogP contribution in [0.25, 0.3) is 0 Å². The summed E-state index contributed by atoms with van der Waals surface area (Å²) in [5.41, 5.74) is 6.91. The van der Waals surface area contributed by atoms with E-state index in [2.05, 4.69) is 0 Å². The summed E-state index contributed by atoms with van der Waals surface area (Å²) in [7, 11) is -3.04. The van der Waals surface area contributed by atoms with E-state index in [1.807, 2.05) is 31.2 Å². The predicted octanol–water partition coefficient (Wildman–Crippen LogP) is 3.01. The zero-order valence-electron chi connectivity index (χ0n) is 12.0. The minimum absolute atomic E-state index is 0.00106. The van der Waals surface area contributed by atoms with E-state index in [0.29, 0.717) is 5.75 Å². The second-order valence-electron chi connectivity index (χ2n) is 5.64. The van der Waals surface area contributed by atoms with Gasteiger partial charge in [0.2, 0.25) is 0 Å². The van der Waals surface area contributed by atoms with Crippen LogP contribution in [0.3, 0.4) is 0 Å². The van der Waals surface area contributed by atoms with E-state index in [0.717, 1.165) is 10.5 Å². The Morgan fingerprint density at radius 2 is 1.95 bits per heavy atom. The van der Waals surface area contributed by atoms with Crippen molar-refractivity contribution in [2.24, 2.45) is 5.73 Å². The molecule has 1 aromatic rings. The molecule has 1 unspecified atom stereocenters. The van der Waals surface area contributed by atoms with Gasteiger partial charge in [0.1, 0.15) is 0 Å². The highest BCUT2D eigenvalue weighted by atomic mass is 32.2. The smallest absolute Gasteiger partial charge is 0.156 e. The van der Waals surface area contributed by atoms with Crippen molar-refractivity contribution in [3.05, 3.63) is 29.8 Å². The third kappa shape index (κ3) is 4.82. The van der Waals surface area contributed by atoms with Crippen molar-refractivity contribution < 1.29 is 8.42 Å². The molecule has 0 saturated heterocycles. The molecule has 0 heterocycles. The second kappa shape index (κ2) is 6.29. The van der Waals surface area contributed by atoms with Gasteiger partial charge in [-0.1, -0.05) is 12.1 Å². The Morgan fingerprint density at radius 3 is 2.47 bits per heavy atom. The fraction of sp³-hybridized carbons (Fsp3) is 0.571. The molecule has 2 N–H and O–H groups in total. The molecule has 0 fully saturated rings. The van der Waals surface area contributed by atoms with Crippen molar-refractivity contribution in [3.8, 4) is 0 Å². The zero-order chi connectivity index (χ0) is 14.7. The first kappa shape index (κ1) is 16.5. The number of benzene rings is 1. The molecule has 1 aromatic carbocycles. The van der Waals surface area contributed by atoms with Gasteiger partial charge in [-0.05, 0) is 45.4 Å². The summed E-state index contributed by atoms with van der Waals surface area (Å²) in [5, 5.41) is 0. The van der Waals surface area contributed by atoms with Gasteiger partial charge in [0, 0.05) is 16.7 Å². The van der Waals surface area contributed by atoms with Crippen molar-refractivity contribution in [1.29, 1.82) is 0 Å². The summed E-state index contributed by atoms with van der Waals surface area (Å²) in [6.07, 6.45) is 0. The minimum atomic E-state index is -3.04. The Balaban J connectivity index is 2.62. The summed E-state index contributed by atoms with van der Waals surface area (Å²) in [5.74, 6) is 0.769. The average molecular weight is 301 g/mol. The highest BCUT2D eigenvalue weighted by Crippen LogP contribution is 2.23. The standard InChI is InChI=1S/C14H23NO2S2/c1-11(15)12-6-5-7-13(10-12)18-8-9-19(16,17)14(2,3)4/h5-7,10-11H,8-9,15H2,1-4H3. The van der Waals surface area contributed by atoms with Crippen molar-refractivity contribution >= 4 is 21.6 Å². The van der Waals surface area contributed by atoms with Gasteiger partial charge in [-0.25, -0.2) is 8.42 Å². The van der Waals surface area contributed by atoms with Crippen LogP contribution in [0.15, 0.2) is 29.2 Å². The summed E-state index contributed by atoms with van der Waals surface area (Å²) in [6.45, 7) is 7.16. The first-order valence-corrected chi connectivity index (χ1v) is 8.98. The van der Waals surface area contributed by atoms with Gasteiger partial charge in [-0.15, -0.1) is 11.8 Å². The molecule has 1 rings (SSSR count). The topological polar surface area (TPSA) is 60.2 Å². The van der Waals surface area contributed by atoms with Crippen LogP contribution in [0.4, 0.5) is 0 Å². The molecule has 5 heteroatoms. The van der Waals surface area contributed by atoms with Crippen molar-refractivity contribution in [1.82, 2.24) is 0 Å². The Morgan fingerprint density at radius 1 is 1.32 bits per heavy atom. The van der Waals surface area contributed by atoms with Crippen LogP contribution in [0, 0.1) is 0 Å². The molecule has 0 amide bonds. The Kier molecular flexibility index (Phi) is 5.47. The van der Waals surface area contributed by atoms with Gasteiger partial charge in [0.25, 0.3) is 0 Å². The summed E-state index contributed by atoms with van der Waals surface area (Å²) >= 11 is 1.56. The number of sulfone groups is 1. The van der Waals surface area contributed by atoms with E-state index in [9.17, 15) is 8.42 Å². The molecule has 0 radical (unpaired) electrons. The molecule has 108 valence electrons. The third-order valence-corrected chi connectivity index (χ3v) is 6.80. The SMILES string of the molecule is CC(N)c1cccc(SCCS(=O)(=O)C(C)(C)C)c1. The van der Waals surface area contributed by atoms with Gasteiger partial charge in [0.15, 0.2) is 9.84 Å². The maximum Gasteiger partial charge on any atom is 0.156 e. The Bertz CT molecular complexity index is 516. The molecule has 19 heavy (non-hydrogen) atoms. The summed E-state index contributed by atoms with van der Waals surface area (Å²) < 4.78 is 23.3. The van der Waals surface area contributed by atoms with Crippen molar-refractivity contribution in [3.63, 3.8) is 0 Å². The molecule has 0 aliphatic rings. The van der Waals surface area contributed by atoms with Crippen molar-refractivity contribution in [2.45, 2.75) is 43.4 Å². The maximum atomic E-state index is 12.0. The fourth-order valence-corrected chi connectivity index (χ4v) is 3.92. The van der Waals surface area contributed by atoms with Crippen LogP contribution in [-0.4, -0.2) is 24.7 Å². The Labute approximate surface area is 120 Å². The average Bonchev–Trinajstić information content (AvgIpc) is 2.27. The number of hydrogen-bond acceptors (Lipinski definition) is 4. The second-order valence-corrected chi connectivity index (χ2v) is 9.67. The van der Waals surface area contributed by atoms with E-state index in [1.54, 1.807) is 32.5 Å². The fourth-order valence-electron chi connectivity index (χ4n) is 1.46. The monoisotopic (exact) mass is 301 g/mol. The summed E-state index contributed by atoms with van der Waals surface area (Å²) in [4.78, 5) is 1.07. The highest BCUT2D eigenvalue weighted by Gasteiger charge is 2.28. The number of rotatable bonds is 5. The van der Waals surface area contributed by atoms with Gasteiger partial charge in [-0.2, -0.15) is 0 Å². The van der Waals surface area contributed by atoms with Crippen LogP contribution in [0.5, 0.6) is 0 Å². The van der Waals surface area contributed by atoms with Gasteiger partial charge < -0.3 is 5.73 Å². The molecular formula is C14H23NO2S2. The van der Waals surface area contributed by atoms with Crippen LogP contribution < -0.4 is 5.73 Å². The van der Waals surface area contributed by atoms with Crippen LogP contribution in [0.1, 0.15) is 39.3 Å². The normalized spacial score (nSPS) is 14.4. The largest absolute Gasteiger partial charge is 0.324 e. The van der Waals surface area contributed by atoms with E-state index in [1.165, 1.54) is 0 Å². The van der Waals surface area contributed by atoms with E-state index in [4.69, 9.17) is 5.73 Å². The molecule has 0 bridgehead atoms. The molecule has 0 saturated carbocycles. The van der Waals surface area contributed by atoms with Crippen LogP contribution >= 0.6 is 11.8 Å². The highest BCUT2D eigenvalue weighted by molar-refractivity contribution is 8.01. The summed E-state index contributed by atoms with van der Waals surface area (Å²) in [6, 6.07) is 7.96. The van der Waals surface area contributed by atoms with Gasteiger partial charge in [0.05, 0.1) is 10.5 Å². The molecule has 0 spiro atoms. The quantitative estimate of drug-likeness (QED) is 0.849. The lowest BCUT2D eigenvalue weighted by Gasteiger charge is -2.18. The lowest BCUT2D eigenvalue weighted by molar-refractivity contribution is 0.562. The molecule has 0 aliphatic heterocycles.